The number of carbonyl (C=O) groups is 1. The number of aromatic carboxylic acids is 1. The topological polar surface area (TPSA) is 55.1 Å². The quantitative estimate of drug-likeness (QED) is 0.890. The zero-order valence-corrected chi connectivity index (χ0v) is 13.2. The van der Waals surface area contributed by atoms with Gasteiger partial charge in [-0.25, -0.2) is 4.79 Å². The van der Waals surface area contributed by atoms with Gasteiger partial charge < -0.3 is 5.11 Å². The summed E-state index contributed by atoms with van der Waals surface area (Å²) in [7, 11) is 0. The Kier molecular flexibility index (Phi) is 3.30. The molecule has 0 unspecified atom stereocenters. The Hall–Kier alpha value is -1.27. The Bertz CT molecular complexity index is 699. The van der Waals surface area contributed by atoms with Crippen LogP contribution >= 0.6 is 23.1 Å². The number of rotatable bonds is 2. The van der Waals surface area contributed by atoms with Gasteiger partial charge in [-0.3, -0.25) is 4.68 Å². The molecular weight excluding hydrogens is 304 g/mol. The molecule has 6 heteroatoms. The summed E-state index contributed by atoms with van der Waals surface area (Å²) in [6, 6.07) is 2.47. The van der Waals surface area contributed by atoms with E-state index in [0.717, 1.165) is 29.9 Å². The van der Waals surface area contributed by atoms with Crippen LogP contribution in [0.3, 0.4) is 0 Å². The van der Waals surface area contributed by atoms with Crippen molar-refractivity contribution >= 4 is 29.1 Å². The van der Waals surface area contributed by atoms with E-state index in [0.29, 0.717) is 6.04 Å². The normalized spacial score (nSPS) is 18.3. The van der Waals surface area contributed by atoms with Gasteiger partial charge in [-0.05, 0) is 24.3 Å². The molecule has 0 saturated heterocycles. The van der Waals surface area contributed by atoms with E-state index < -0.39 is 5.97 Å². The average molecular weight is 320 g/mol. The van der Waals surface area contributed by atoms with Crippen LogP contribution in [0.15, 0.2) is 15.7 Å². The highest BCUT2D eigenvalue weighted by atomic mass is 32.2. The molecule has 110 valence electrons. The van der Waals surface area contributed by atoms with Crippen LogP contribution in [-0.4, -0.2) is 20.9 Å². The maximum Gasteiger partial charge on any atom is 0.356 e. The summed E-state index contributed by atoms with van der Waals surface area (Å²) in [6.07, 6.45) is 5.94. The lowest BCUT2D eigenvalue weighted by Gasteiger charge is -2.25. The van der Waals surface area contributed by atoms with Crippen molar-refractivity contribution in [2.75, 3.05) is 0 Å². The van der Waals surface area contributed by atoms with Crippen LogP contribution in [0.4, 0.5) is 0 Å². The first-order chi connectivity index (χ1) is 10.3. The molecule has 1 saturated carbocycles. The molecule has 1 aliphatic heterocycles. The van der Waals surface area contributed by atoms with Gasteiger partial charge in [-0.15, -0.1) is 23.1 Å². The van der Waals surface area contributed by atoms with E-state index in [4.69, 9.17) is 0 Å². The molecule has 0 amide bonds. The summed E-state index contributed by atoms with van der Waals surface area (Å²) in [4.78, 5) is 11.5. The largest absolute Gasteiger partial charge is 0.476 e. The van der Waals surface area contributed by atoms with Crippen molar-refractivity contribution in [2.24, 2.45) is 0 Å². The van der Waals surface area contributed by atoms with Gasteiger partial charge in [0.25, 0.3) is 0 Å². The lowest BCUT2D eigenvalue weighted by Crippen LogP contribution is -2.16. The van der Waals surface area contributed by atoms with Gasteiger partial charge in [0.1, 0.15) is 0 Å². The lowest BCUT2D eigenvalue weighted by molar-refractivity contribution is 0.0688. The van der Waals surface area contributed by atoms with E-state index >= 15 is 0 Å². The molecule has 0 atom stereocenters. The SMILES string of the molecule is O=C(O)c1nn(C2CCCCC2)c2c1CSc1sccc1-2. The minimum atomic E-state index is -0.903. The molecule has 0 aromatic carbocycles. The minimum Gasteiger partial charge on any atom is -0.476 e. The molecule has 2 aromatic rings. The highest BCUT2D eigenvalue weighted by molar-refractivity contribution is 8.00. The fourth-order valence-electron chi connectivity index (χ4n) is 3.37. The third kappa shape index (κ3) is 2.12. The molecule has 1 fully saturated rings. The molecule has 4 nitrogen and oxygen atoms in total. The Labute approximate surface area is 131 Å². The highest BCUT2D eigenvalue weighted by Crippen LogP contribution is 2.47. The molecule has 21 heavy (non-hydrogen) atoms. The number of hydrogen-bond acceptors (Lipinski definition) is 4. The van der Waals surface area contributed by atoms with Crippen molar-refractivity contribution in [3.05, 3.63) is 22.7 Å². The number of hydrogen-bond donors (Lipinski definition) is 1. The maximum absolute atomic E-state index is 11.5. The van der Waals surface area contributed by atoms with Crippen LogP contribution < -0.4 is 0 Å². The summed E-state index contributed by atoms with van der Waals surface area (Å²) < 4.78 is 3.32. The van der Waals surface area contributed by atoms with Gasteiger partial charge in [-0.2, -0.15) is 5.10 Å². The molecule has 1 aliphatic carbocycles. The van der Waals surface area contributed by atoms with Crippen LogP contribution in [0.25, 0.3) is 11.3 Å². The second-order valence-corrected chi connectivity index (χ2v) is 7.79. The van der Waals surface area contributed by atoms with E-state index in [1.54, 1.807) is 23.1 Å². The molecule has 2 aliphatic rings. The standard InChI is InChI=1S/C15H16N2O2S2/c18-14(19)12-11-8-21-15-10(6-7-20-15)13(11)17(16-12)9-4-2-1-3-5-9/h6-7,9H,1-5,8H2,(H,18,19). The smallest absolute Gasteiger partial charge is 0.356 e. The predicted octanol–water partition coefficient (Wildman–Crippen LogP) is 4.42. The third-order valence-electron chi connectivity index (χ3n) is 4.36. The molecule has 2 aromatic heterocycles. The number of nitrogens with zero attached hydrogens (tertiary/aromatic N) is 2. The summed E-state index contributed by atoms with van der Waals surface area (Å²) in [5, 5.41) is 16.1. The van der Waals surface area contributed by atoms with Gasteiger partial charge >= 0.3 is 5.97 Å². The van der Waals surface area contributed by atoms with Crippen molar-refractivity contribution in [1.82, 2.24) is 9.78 Å². The van der Waals surface area contributed by atoms with E-state index in [2.05, 4.69) is 16.5 Å². The molecule has 4 rings (SSSR count). The highest BCUT2D eigenvalue weighted by Gasteiger charge is 2.32. The molecule has 3 heterocycles. The predicted molar refractivity (Wildman–Crippen MR) is 84.2 cm³/mol. The number of aromatic nitrogens is 2. The van der Waals surface area contributed by atoms with Gasteiger partial charge in [0, 0.05) is 16.9 Å². The van der Waals surface area contributed by atoms with Gasteiger partial charge in [-0.1, -0.05) is 19.3 Å². The van der Waals surface area contributed by atoms with Crippen molar-refractivity contribution in [1.29, 1.82) is 0 Å². The molecule has 0 spiro atoms. The molecule has 1 N–H and O–H groups in total. The average Bonchev–Trinajstić information content (AvgIpc) is 3.11. The number of carboxylic acid groups (broad SMARTS) is 1. The third-order valence-corrected chi connectivity index (χ3v) is 6.63. The van der Waals surface area contributed by atoms with Crippen LogP contribution in [0.2, 0.25) is 0 Å². The fraction of sp³-hybridized carbons (Fsp3) is 0.467. The maximum atomic E-state index is 11.5. The summed E-state index contributed by atoms with van der Waals surface area (Å²) in [5.41, 5.74) is 3.40. The van der Waals surface area contributed by atoms with Crippen molar-refractivity contribution in [2.45, 2.75) is 48.1 Å². The lowest BCUT2D eigenvalue weighted by atomic mass is 9.95. The first-order valence-electron chi connectivity index (χ1n) is 7.31. The van der Waals surface area contributed by atoms with Crippen LogP contribution in [0, 0.1) is 0 Å². The zero-order valence-electron chi connectivity index (χ0n) is 11.5. The van der Waals surface area contributed by atoms with Crippen molar-refractivity contribution in [3.8, 4) is 11.3 Å². The van der Waals surface area contributed by atoms with E-state index in [1.165, 1.54) is 29.0 Å². The molecule has 0 radical (unpaired) electrons. The van der Waals surface area contributed by atoms with E-state index in [-0.39, 0.29) is 5.69 Å². The van der Waals surface area contributed by atoms with Crippen LogP contribution in [0.5, 0.6) is 0 Å². The second kappa shape index (κ2) is 5.18. The summed E-state index contributed by atoms with van der Waals surface area (Å²) >= 11 is 3.47. The van der Waals surface area contributed by atoms with Gasteiger partial charge in [0.2, 0.25) is 0 Å². The van der Waals surface area contributed by atoms with Crippen molar-refractivity contribution in [3.63, 3.8) is 0 Å². The number of carboxylic acids is 1. The van der Waals surface area contributed by atoms with Gasteiger partial charge in [0.15, 0.2) is 5.69 Å². The fourth-order valence-corrected chi connectivity index (χ4v) is 5.48. The Balaban J connectivity index is 1.89. The number of fused-ring (bicyclic) bond motifs is 3. The number of thiophene rings is 1. The first-order valence-corrected chi connectivity index (χ1v) is 9.17. The summed E-state index contributed by atoms with van der Waals surface area (Å²) in [5.74, 6) is -0.183. The minimum absolute atomic E-state index is 0.250. The second-order valence-electron chi connectivity index (χ2n) is 5.63. The Morgan fingerprint density at radius 1 is 1.33 bits per heavy atom. The zero-order chi connectivity index (χ0) is 14.4. The van der Waals surface area contributed by atoms with Crippen molar-refractivity contribution < 1.29 is 9.90 Å². The number of thioether (sulfide) groups is 1. The van der Waals surface area contributed by atoms with Crippen LogP contribution in [0.1, 0.15) is 54.2 Å². The molecular formula is C15H16N2O2S2. The first kappa shape index (κ1) is 13.4. The monoisotopic (exact) mass is 320 g/mol. The summed E-state index contributed by atoms with van der Waals surface area (Å²) in [6.45, 7) is 0. The van der Waals surface area contributed by atoms with Crippen LogP contribution in [-0.2, 0) is 5.75 Å². The molecule has 0 bridgehead atoms. The van der Waals surface area contributed by atoms with Gasteiger partial charge in [0.05, 0.1) is 15.9 Å². The Morgan fingerprint density at radius 3 is 2.90 bits per heavy atom. The van der Waals surface area contributed by atoms with E-state index in [9.17, 15) is 9.90 Å². The van der Waals surface area contributed by atoms with E-state index in [1.807, 2.05) is 4.68 Å². The Morgan fingerprint density at radius 2 is 2.14 bits per heavy atom.